The van der Waals surface area contributed by atoms with E-state index in [-0.39, 0.29) is 11.8 Å². The molecule has 5 rings (SSSR count). The van der Waals surface area contributed by atoms with Crippen LogP contribution in [0, 0.1) is 5.41 Å². The number of carbonyl (C=O) groups is 1. The summed E-state index contributed by atoms with van der Waals surface area (Å²) in [4.78, 5) is 31.5. The van der Waals surface area contributed by atoms with Gasteiger partial charge in [0.15, 0.2) is 0 Å². The van der Waals surface area contributed by atoms with Crippen molar-refractivity contribution in [2.75, 3.05) is 19.6 Å². The van der Waals surface area contributed by atoms with Gasteiger partial charge in [-0.15, -0.1) is 0 Å². The molecule has 0 aliphatic carbocycles. The summed E-state index contributed by atoms with van der Waals surface area (Å²) in [6, 6.07) is 8.40. The lowest BCUT2D eigenvalue weighted by atomic mass is 9.75. The first-order chi connectivity index (χ1) is 15.5. The van der Waals surface area contributed by atoms with Crippen molar-refractivity contribution in [1.82, 2.24) is 29.3 Å². The highest BCUT2D eigenvalue weighted by Crippen LogP contribution is 2.50. The number of imidazole rings is 1. The zero-order chi connectivity index (χ0) is 22.1. The van der Waals surface area contributed by atoms with Crippen LogP contribution in [0.5, 0.6) is 0 Å². The van der Waals surface area contributed by atoms with Crippen molar-refractivity contribution in [3.8, 4) is 0 Å². The van der Waals surface area contributed by atoms with E-state index in [4.69, 9.17) is 4.98 Å². The van der Waals surface area contributed by atoms with E-state index in [1.807, 2.05) is 35.6 Å². The maximum absolute atomic E-state index is 13.9. The smallest absolute Gasteiger partial charge is 0.231 e. The number of rotatable bonds is 6. The number of aromatic nitrogens is 4. The van der Waals surface area contributed by atoms with Crippen LogP contribution in [-0.4, -0.2) is 54.9 Å². The van der Waals surface area contributed by atoms with Crippen molar-refractivity contribution in [3.05, 3.63) is 78.4 Å². The number of likely N-dealkylation sites (tertiary alicyclic amines) is 2. The molecular formula is C25H30N6O. The van der Waals surface area contributed by atoms with Crippen molar-refractivity contribution in [2.24, 2.45) is 5.41 Å². The molecule has 32 heavy (non-hydrogen) atoms. The van der Waals surface area contributed by atoms with E-state index in [1.165, 1.54) is 5.56 Å². The quantitative estimate of drug-likeness (QED) is 0.600. The van der Waals surface area contributed by atoms with Crippen LogP contribution in [0.25, 0.3) is 0 Å². The number of nitrogens with zero attached hydrogens (tertiary/aromatic N) is 6. The Kier molecular flexibility index (Phi) is 5.51. The molecule has 0 saturated carbocycles. The lowest BCUT2D eigenvalue weighted by Gasteiger charge is -2.28. The van der Waals surface area contributed by atoms with Crippen molar-refractivity contribution in [1.29, 1.82) is 0 Å². The largest absolute Gasteiger partial charge is 0.338 e. The van der Waals surface area contributed by atoms with Crippen LogP contribution < -0.4 is 0 Å². The zero-order valence-corrected chi connectivity index (χ0v) is 18.8. The fraction of sp³-hybridized carbons (Fsp3) is 0.440. The van der Waals surface area contributed by atoms with Gasteiger partial charge in [0, 0.05) is 75.7 Å². The summed E-state index contributed by atoms with van der Waals surface area (Å²) in [5.41, 5.74) is 2.91. The van der Waals surface area contributed by atoms with E-state index >= 15 is 0 Å². The molecule has 1 spiro atoms. The molecule has 166 valence electrons. The number of hydrogen-bond donors (Lipinski definition) is 0. The molecule has 0 bridgehead atoms. The van der Waals surface area contributed by atoms with Crippen LogP contribution in [0.4, 0.5) is 0 Å². The molecule has 2 atom stereocenters. The fourth-order valence-electron chi connectivity index (χ4n) is 5.26. The molecule has 5 heterocycles. The summed E-state index contributed by atoms with van der Waals surface area (Å²) < 4.78 is 2.14. The van der Waals surface area contributed by atoms with Gasteiger partial charge >= 0.3 is 0 Å². The number of hydrogen-bond acceptors (Lipinski definition) is 5. The molecule has 2 aliphatic rings. The average Bonchev–Trinajstić information content (AvgIpc) is 3.50. The zero-order valence-electron chi connectivity index (χ0n) is 18.8. The Bertz CT molecular complexity index is 1070. The maximum atomic E-state index is 13.9. The monoisotopic (exact) mass is 430 g/mol. The van der Waals surface area contributed by atoms with Crippen LogP contribution >= 0.6 is 0 Å². The first-order valence-corrected chi connectivity index (χ1v) is 11.4. The Morgan fingerprint density at radius 2 is 1.94 bits per heavy atom. The Morgan fingerprint density at radius 3 is 2.66 bits per heavy atom. The van der Waals surface area contributed by atoms with Crippen LogP contribution in [0.1, 0.15) is 49.0 Å². The van der Waals surface area contributed by atoms with Crippen LogP contribution in [0.15, 0.2) is 61.6 Å². The minimum absolute atomic E-state index is 0.0918. The Balaban J connectivity index is 1.43. The summed E-state index contributed by atoms with van der Waals surface area (Å²) in [6.45, 7) is 8.12. The van der Waals surface area contributed by atoms with Crippen LogP contribution in [0.2, 0.25) is 0 Å². The fourth-order valence-corrected chi connectivity index (χ4v) is 5.26. The van der Waals surface area contributed by atoms with Gasteiger partial charge in [-0.3, -0.25) is 19.7 Å². The van der Waals surface area contributed by atoms with Gasteiger partial charge in [0.05, 0.1) is 17.4 Å². The summed E-state index contributed by atoms with van der Waals surface area (Å²) in [6.07, 6.45) is 12.2. The summed E-state index contributed by atoms with van der Waals surface area (Å²) in [5, 5.41) is 0. The summed E-state index contributed by atoms with van der Waals surface area (Å²) in [5.74, 6) is 0.348. The van der Waals surface area contributed by atoms with Crippen molar-refractivity contribution < 1.29 is 4.79 Å². The first kappa shape index (κ1) is 20.8. The third-order valence-corrected chi connectivity index (χ3v) is 6.98. The molecule has 3 aromatic rings. The molecule has 0 radical (unpaired) electrons. The maximum Gasteiger partial charge on any atom is 0.231 e. The lowest BCUT2D eigenvalue weighted by molar-refractivity contribution is -0.136. The van der Waals surface area contributed by atoms with E-state index in [2.05, 4.69) is 45.5 Å². The van der Waals surface area contributed by atoms with Gasteiger partial charge in [-0.25, -0.2) is 4.98 Å². The van der Waals surface area contributed by atoms with Gasteiger partial charge in [-0.1, -0.05) is 6.07 Å². The molecule has 7 nitrogen and oxygen atoms in total. The third-order valence-electron chi connectivity index (χ3n) is 6.98. The first-order valence-electron chi connectivity index (χ1n) is 11.4. The molecule has 3 aromatic heterocycles. The lowest BCUT2D eigenvalue weighted by Crippen LogP contribution is -2.39. The Labute approximate surface area is 189 Å². The Hall–Kier alpha value is -3.06. The predicted molar refractivity (Wildman–Crippen MR) is 122 cm³/mol. The highest BCUT2D eigenvalue weighted by Gasteiger charge is 2.57. The molecule has 2 saturated heterocycles. The molecule has 0 N–H and O–H groups in total. The second-order valence-corrected chi connectivity index (χ2v) is 9.41. The highest BCUT2D eigenvalue weighted by molar-refractivity contribution is 5.86. The van der Waals surface area contributed by atoms with E-state index < -0.39 is 5.41 Å². The number of amides is 1. The standard InChI is InChI=1S/C25H30N6O/c1-19(2)31-16-23(28-18-31)22-15-29(13-21-4-3-8-27-12-21)17-25(22)7-11-30(24(25)32)14-20-5-9-26-10-6-20/h3-6,8-10,12,16,18-19,22H,7,11,13-15,17H2,1-2H3/t22-,25-/m0/s1. The highest BCUT2D eigenvalue weighted by atomic mass is 16.2. The van der Waals surface area contributed by atoms with E-state index in [9.17, 15) is 4.79 Å². The third kappa shape index (κ3) is 3.81. The summed E-state index contributed by atoms with van der Waals surface area (Å²) in [7, 11) is 0. The van der Waals surface area contributed by atoms with Gasteiger partial charge in [0.1, 0.15) is 0 Å². The van der Waals surface area contributed by atoms with Gasteiger partial charge in [-0.2, -0.15) is 0 Å². The van der Waals surface area contributed by atoms with Crippen LogP contribution in [-0.2, 0) is 17.9 Å². The molecule has 2 fully saturated rings. The SMILES string of the molecule is CC(C)n1cnc([C@@H]2CN(Cc3cccnc3)C[C@@]23CCN(Cc2ccncc2)C3=O)c1. The minimum Gasteiger partial charge on any atom is -0.338 e. The molecule has 0 unspecified atom stereocenters. The number of pyridine rings is 2. The van der Waals surface area contributed by atoms with E-state index in [0.29, 0.717) is 12.6 Å². The van der Waals surface area contributed by atoms with Crippen molar-refractivity contribution >= 4 is 5.91 Å². The van der Waals surface area contributed by atoms with Gasteiger partial charge in [0.25, 0.3) is 0 Å². The molecule has 2 aliphatic heterocycles. The van der Waals surface area contributed by atoms with Gasteiger partial charge in [0.2, 0.25) is 5.91 Å². The number of carbonyl (C=O) groups excluding carboxylic acids is 1. The Morgan fingerprint density at radius 1 is 1.09 bits per heavy atom. The van der Waals surface area contributed by atoms with Crippen molar-refractivity contribution in [3.63, 3.8) is 0 Å². The van der Waals surface area contributed by atoms with Crippen LogP contribution in [0.3, 0.4) is 0 Å². The van der Waals surface area contributed by atoms with E-state index in [0.717, 1.165) is 43.9 Å². The molecular weight excluding hydrogens is 400 g/mol. The second kappa shape index (κ2) is 8.47. The second-order valence-electron chi connectivity index (χ2n) is 9.41. The van der Waals surface area contributed by atoms with Gasteiger partial charge < -0.3 is 9.47 Å². The van der Waals surface area contributed by atoms with E-state index in [1.54, 1.807) is 18.6 Å². The van der Waals surface area contributed by atoms with Gasteiger partial charge in [-0.05, 0) is 49.6 Å². The molecule has 7 heteroatoms. The average molecular weight is 431 g/mol. The summed E-state index contributed by atoms with van der Waals surface area (Å²) >= 11 is 0. The van der Waals surface area contributed by atoms with Crippen molar-refractivity contribution in [2.45, 2.75) is 45.3 Å². The minimum atomic E-state index is -0.425. The normalized spacial score (nSPS) is 23.7. The molecule has 0 aromatic carbocycles. The predicted octanol–water partition coefficient (Wildman–Crippen LogP) is 3.27. The topological polar surface area (TPSA) is 67.2 Å². The molecule has 1 amide bonds.